The van der Waals surface area contributed by atoms with Crippen molar-refractivity contribution in [1.29, 1.82) is 0 Å². The molecule has 0 amide bonds. The maximum atomic E-state index is 12.9. The van der Waals surface area contributed by atoms with Gasteiger partial charge in [-0.1, -0.05) is 50.6 Å². The van der Waals surface area contributed by atoms with E-state index in [0.717, 1.165) is 5.56 Å². The molecule has 2 atom stereocenters. The molecule has 0 aromatic heterocycles. The quantitative estimate of drug-likeness (QED) is 0.795. The first-order chi connectivity index (χ1) is 10.0. The van der Waals surface area contributed by atoms with Crippen molar-refractivity contribution in [3.8, 4) is 0 Å². The second-order valence-electron chi connectivity index (χ2n) is 7.42. The second kappa shape index (κ2) is 5.82. The lowest BCUT2D eigenvalue weighted by atomic mass is 9.86. The Hall–Kier alpha value is -1.13. The fourth-order valence-electron chi connectivity index (χ4n) is 3.10. The first-order valence-electron chi connectivity index (χ1n) is 7.76. The number of hydrogen-bond acceptors (Lipinski definition) is 3. The minimum absolute atomic E-state index is 0.00721. The summed E-state index contributed by atoms with van der Waals surface area (Å²) < 4.78 is 25.7. The summed E-state index contributed by atoms with van der Waals surface area (Å²) in [7, 11) is -3.33. The first-order valence-corrected chi connectivity index (χ1v) is 9.42. The minimum Gasteiger partial charge on any atom is -0.276 e. The molecule has 1 aliphatic rings. The van der Waals surface area contributed by atoms with E-state index in [9.17, 15) is 8.42 Å². The molecule has 0 radical (unpaired) electrons. The third-order valence-corrected chi connectivity index (χ3v) is 6.34. The highest BCUT2D eigenvalue weighted by atomic mass is 32.2. The van der Waals surface area contributed by atoms with Crippen LogP contribution in [0.3, 0.4) is 0 Å². The molecule has 1 heterocycles. The van der Waals surface area contributed by atoms with E-state index >= 15 is 0 Å². The maximum Gasteiger partial charge on any atom is 0.191 e. The first kappa shape index (κ1) is 17.2. The Labute approximate surface area is 135 Å². The average Bonchev–Trinajstić information content (AvgIpc) is 2.66. The third-order valence-electron chi connectivity index (χ3n) is 4.57. The van der Waals surface area contributed by atoms with E-state index < -0.39 is 9.84 Å². The van der Waals surface area contributed by atoms with Crippen molar-refractivity contribution in [3.63, 3.8) is 0 Å². The minimum atomic E-state index is -3.33. The molecule has 3 nitrogen and oxygen atoms in total. The van der Waals surface area contributed by atoms with Crippen molar-refractivity contribution >= 4 is 9.84 Å². The number of hydrogen-bond donors (Lipinski definition) is 0. The fraction of sp³-hybridized carbons (Fsp3) is 0.556. The number of sulfone groups is 1. The largest absolute Gasteiger partial charge is 0.276 e. The van der Waals surface area contributed by atoms with Crippen molar-refractivity contribution < 1.29 is 8.42 Å². The predicted molar refractivity (Wildman–Crippen MR) is 91.5 cm³/mol. The van der Waals surface area contributed by atoms with Crippen LogP contribution in [0.4, 0.5) is 0 Å². The number of rotatable bonds is 3. The van der Waals surface area contributed by atoms with E-state index in [1.807, 2.05) is 19.1 Å². The van der Waals surface area contributed by atoms with Gasteiger partial charge in [0.05, 0.1) is 4.90 Å². The van der Waals surface area contributed by atoms with Gasteiger partial charge >= 0.3 is 0 Å². The van der Waals surface area contributed by atoms with Crippen LogP contribution < -0.4 is 0 Å². The van der Waals surface area contributed by atoms with E-state index in [1.54, 1.807) is 12.1 Å². The summed E-state index contributed by atoms with van der Waals surface area (Å²) in [6, 6.07) is 7.52. The molecule has 0 saturated carbocycles. The summed E-state index contributed by atoms with van der Waals surface area (Å²) in [4.78, 5) is 2.55. The van der Waals surface area contributed by atoms with E-state index in [1.165, 1.54) is 5.57 Å². The fourth-order valence-corrected chi connectivity index (χ4v) is 4.86. The van der Waals surface area contributed by atoms with Crippen molar-refractivity contribution in [3.05, 3.63) is 41.5 Å². The van der Waals surface area contributed by atoms with Crippen LogP contribution in [0.25, 0.3) is 0 Å². The highest BCUT2D eigenvalue weighted by Crippen LogP contribution is 2.35. The van der Waals surface area contributed by atoms with Crippen LogP contribution in [0.1, 0.15) is 40.2 Å². The van der Waals surface area contributed by atoms with Crippen molar-refractivity contribution in [2.45, 2.75) is 58.5 Å². The molecule has 1 aromatic carbocycles. The Bertz CT molecular complexity index is 683. The van der Waals surface area contributed by atoms with Crippen LogP contribution in [0, 0.1) is 12.3 Å². The smallest absolute Gasteiger partial charge is 0.191 e. The highest BCUT2D eigenvalue weighted by molar-refractivity contribution is 7.91. The molecular formula is C18H27NO2S. The van der Waals surface area contributed by atoms with Gasteiger partial charge in [-0.3, -0.25) is 4.90 Å². The number of benzene rings is 1. The van der Waals surface area contributed by atoms with Crippen molar-refractivity contribution in [2.24, 2.45) is 5.41 Å². The summed E-state index contributed by atoms with van der Waals surface area (Å²) in [5.74, 6) is 0.0643. The summed E-state index contributed by atoms with van der Waals surface area (Å²) >= 11 is 0. The SMILES string of the molecule is CC1=CC(C(C)(C)C)N(CS(=O)(=O)c2ccccc2C)C1C. The Morgan fingerprint density at radius 3 is 2.27 bits per heavy atom. The molecule has 4 heteroatoms. The molecule has 1 aliphatic heterocycles. The topological polar surface area (TPSA) is 37.4 Å². The molecular weight excluding hydrogens is 294 g/mol. The Morgan fingerprint density at radius 2 is 1.73 bits per heavy atom. The number of nitrogens with zero attached hydrogens (tertiary/aromatic N) is 1. The Balaban J connectivity index is 2.35. The zero-order chi connectivity index (χ0) is 16.7. The van der Waals surface area contributed by atoms with Gasteiger partial charge in [0.15, 0.2) is 9.84 Å². The van der Waals surface area contributed by atoms with E-state index in [-0.39, 0.29) is 23.4 Å². The summed E-state index contributed by atoms with van der Waals surface area (Å²) in [5, 5.41) is 0. The standard InChI is InChI=1S/C18H27NO2S/c1-13-9-7-8-10-16(13)22(20,21)12-19-15(3)14(2)11-17(19)18(4,5)6/h7-11,15,17H,12H2,1-6H3. The van der Waals surface area contributed by atoms with Crippen LogP contribution >= 0.6 is 0 Å². The van der Waals surface area contributed by atoms with Gasteiger partial charge < -0.3 is 0 Å². The van der Waals surface area contributed by atoms with Gasteiger partial charge in [-0.25, -0.2) is 8.42 Å². The van der Waals surface area contributed by atoms with E-state index in [4.69, 9.17) is 0 Å². The molecule has 0 aliphatic carbocycles. The molecule has 122 valence electrons. The maximum absolute atomic E-state index is 12.9. The van der Waals surface area contributed by atoms with Crippen molar-refractivity contribution in [1.82, 2.24) is 4.90 Å². The normalized spacial score (nSPS) is 23.6. The highest BCUT2D eigenvalue weighted by Gasteiger charge is 2.39. The molecule has 0 bridgehead atoms. The molecule has 22 heavy (non-hydrogen) atoms. The van der Waals surface area contributed by atoms with Crippen LogP contribution in [0.5, 0.6) is 0 Å². The van der Waals surface area contributed by atoms with Crippen LogP contribution in [0.15, 0.2) is 40.8 Å². The lowest BCUT2D eigenvalue weighted by Crippen LogP contribution is -2.45. The molecule has 2 rings (SSSR count). The summed E-state index contributed by atoms with van der Waals surface area (Å²) in [5.41, 5.74) is 2.07. The number of aryl methyl sites for hydroxylation is 1. The molecule has 0 N–H and O–H groups in total. The molecule has 2 unspecified atom stereocenters. The van der Waals surface area contributed by atoms with E-state index in [0.29, 0.717) is 4.90 Å². The van der Waals surface area contributed by atoms with Gasteiger partial charge in [-0.05, 0) is 37.8 Å². The zero-order valence-corrected chi connectivity index (χ0v) is 15.2. The van der Waals surface area contributed by atoms with Gasteiger partial charge in [0.2, 0.25) is 0 Å². The predicted octanol–water partition coefficient (Wildman–Crippen LogP) is 3.79. The average molecular weight is 321 g/mol. The Kier molecular flexibility index (Phi) is 4.56. The monoisotopic (exact) mass is 321 g/mol. The van der Waals surface area contributed by atoms with Gasteiger partial charge in [0.25, 0.3) is 0 Å². The molecule has 0 spiro atoms. The van der Waals surface area contributed by atoms with Gasteiger partial charge in [0.1, 0.15) is 5.88 Å². The molecule has 0 saturated heterocycles. The summed E-state index contributed by atoms with van der Waals surface area (Å²) in [6.07, 6.45) is 2.22. The van der Waals surface area contributed by atoms with Crippen LogP contribution in [-0.2, 0) is 9.84 Å². The summed E-state index contributed by atoms with van der Waals surface area (Å²) in [6.45, 7) is 12.5. The van der Waals surface area contributed by atoms with Gasteiger partial charge in [0, 0.05) is 12.1 Å². The molecule has 1 aromatic rings. The van der Waals surface area contributed by atoms with Gasteiger partial charge in [-0.2, -0.15) is 0 Å². The zero-order valence-electron chi connectivity index (χ0n) is 14.4. The van der Waals surface area contributed by atoms with E-state index in [2.05, 4.69) is 45.6 Å². The van der Waals surface area contributed by atoms with Crippen molar-refractivity contribution in [2.75, 3.05) is 5.88 Å². The van der Waals surface area contributed by atoms with Gasteiger partial charge in [-0.15, -0.1) is 0 Å². The third kappa shape index (κ3) is 3.28. The lowest BCUT2D eigenvalue weighted by molar-refractivity contribution is 0.150. The Morgan fingerprint density at radius 1 is 1.14 bits per heavy atom. The van der Waals surface area contributed by atoms with Crippen LogP contribution in [-0.4, -0.2) is 31.3 Å². The molecule has 0 fully saturated rings. The van der Waals surface area contributed by atoms with Crippen LogP contribution in [0.2, 0.25) is 0 Å². The second-order valence-corrected chi connectivity index (χ2v) is 9.35. The lowest BCUT2D eigenvalue weighted by Gasteiger charge is -2.37.